The molecule has 1 aromatic carbocycles. The molecule has 0 amide bonds. The van der Waals surface area contributed by atoms with E-state index in [9.17, 15) is 8.78 Å². The summed E-state index contributed by atoms with van der Waals surface area (Å²) in [7, 11) is 3.58. The average Bonchev–Trinajstić information content (AvgIpc) is 3.35. The number of benzene rings is 1. The lowest BCUT2D eigenvalue weighted by atomic mass is 10.0. The van der Waals surface area contributed by atoms with Crippen LogP contribution < -0.4 is 10.6 Å². The fraction of sp³-hybridized carbons (Fsp3) is 0.316. The van der Waals surface area contributed by atoms with Gasteiger partial charge in [-0.2, -0.15) is 33.9 Å². The van der Waals surface area contributed by atoms with Crippen molar-refractivity contribution in [1.82, 2.24) is 34.5 Å². The number of fused-ring (bicyclic) bond motifs is 1. The number of halogens is 2. The molecule has 9 nitrogen and oxygen atoms in total. The summed E-state index contributed by atoms with van der Waals surface area (Å²) in [5.41, 5.74) is 1.39. The first-order valence-electron chi connectivity index (χ1n) is 9.25. The maximum Gasteiger partial charge on any atom is 0.333 e. The van der Waals surface area contributed by atoms with Crippen LogP contribution in [0.1, 0.15) is 26.1 Å². The number of nitrogens with zero attached hydrogens (tertiary/aromatic N) is 7. The van der Waals surface area contributed by atoms with Crippen molar-refractivity contribution in [3.05, 3.63) is 42.4 Å². The lowest BCUT2D eigenvalue weighted by Crippen LogP contribution is -2.30. The predicted molar refractivity (Wildman–Crippen MR) is 109 cm³/mol. The molecule has 156 valence electrons. The van der Waals surface area contributed by atoms with Crippen LogP contribution in [-0.2, 0) is 12.6 Å². The Bertz CT molecular complexity index is 1200. The van der Waals surface area contributed by atoms with E-state index in [0.29, 0.717) is 28.1 Å². The summed E-state index contributed by atoms with van der Waals surface area (Å²) >= 11 is 0. The maximum absolute atomic E-state index is 12.9. The third kappa shape index (κ3) is 3.65. The van der Waals surface area contributed by atoms with Gasteiger partial charge in [0.25, 0.3) is 0 Å². The Hall–Kier alpha value is -3.63. The molecule has 3 aromatic heterocycles. The third-order valence-electron chi connectivity index (χ3n) is 4.74. The smallest absolute Gasteiger partial charge is 0.333 e. The first-order valence-corrected chi connectivity index (χ1v) is 9.25. The fourth-order valence-corrected chi connectivity index (χ4v) is 3.08. The molecule has 2 N–H and O–H groups in total. The van der Waals surface area contributed by atoms with Crippen LogP contribution in [-0.4, -0.2) is 41.6 Å². The van der Waals surface area contributed by atoms with Crippen molar-refractivity contribution in [2.24, 2.45) is 7.05 Å². The van der Waals surface area contributed by atoms with Gasteiger partial charge < -0.3 is 10.6 Å². The fourth-order valence-electron chi connectivity index (χ4n) is 3.08. The number of rotatable bonds is 6. The number of hydrogen-bond acceptors (Lipinski definition) is 7. The third-order valence-corrected chi connectivity index (χ3v) is 4.74. The summed E-state index contributed by atoms with van der Waals surface area (Å²) in [6, 6.07) is 7.36. The minimum absolute atomic E-state index is 0.297. The predicted octanol–water partition coefficient (Wildman–Crippen LogP) is 3.41. The highest BCUT2D eigenvalue weighted by Crippen LogP contribution is 2.27. The zero-order valence-electron chi connectivity index (χ0n) is 16.9. The van der Waals surface area contributed by atoms with Crippen LogP contribution in [0.4, 0.5) is 20.7 Å². The molecule has 0 saturated heterocycles. The van der Waals surface area contributed by atoms with Gasteiger partial charge in [0.1, 0.15) is 0 Å². The Kier molecular flexibility index (Phi) is 4.80. The van der Waals surface area contributed by atoms with E-state index in [2.05, 4.69) is 35.8 Å². The van der Waals surface area contributed by atoms with Crippen molar-refractivity contribution in [3.8, 4) is 11.4 Å². The van der Waals surface area contributed by atoms with Crippen molar-refractivity contribution in [2.45, 2.75) is 25.9 Å². The van der Waals surface area contributed by atoms with E-state index in [1.54, 1.807) is 17.9 Å². The zero-order valence-corrected chi connectivity index (χ0v) is 16.9. The summed E-state index contributed by atoms with van der Waals surface area (Å²) in [6.07, 6.45) is 3.03. The minimum Gasteiger partial charge on any atom is -0.357 e. The summed E-state index contributed by atoms with van der Waals surface area (Å²) in [5, 5.41) is 15.3. The van der Waals surface area contributed by atoms with Gasteiger partial charge in [-0.05, 0) is 26.0 Å². The molecule has 0 aliphatic heterocycles. The van der Waals surface area contributed by atoms with Crippen LogP contribution >= 0.6 is 0 Å². The topological polar surface area (TPSA) is 98.4 Å². The molecule has 0 unspecified atom stereocenters. The monoisotopic (exact) mass is 413 g/mol. The highest BCUT2D eigenvalue weighted by atomic mass is 19.3. The number of anilines is 2. The largest absolute Gasteiger partial charge is 0.357 e. The molecule has 0 bridgehead atoms. The second-order valence-corrected chi connectivity index (χ2v) is 7.31. The van der Waals surface area contributed by atoms with Crippen molar-refractivity contribution in [2.75, 3.05) is 17.7 Å². The van der Waals surface area contributed by atoms with Gasteiger partial charge in [0.2, 0.25) is 11.9 Å². The molecule has 0 atom stereocenters. The minimum atomic E-state index is -2.70. The molecule has 0 spiro atoms. The van der Waals surface area contributed by atoms with Crippen molar-refractivity contribution in [1.29, 1.82) is 0 Å². The van der Waals surface area contributed by atoms with Gasteiger partial charge in [0.05, 0.1) is 22.9 Å². The average molecular weight is 413 g/mol. The van der Waals surface area contributed by atoms with Crippen molar-refractivity contribution < 1.29 is 8.78 Å². The van der Waals surface area contributed by atoms with Gasteiger partial charge in [-0.15, -0.1) is 0 Å². The second kappa shape index (κ2) is 7.32. The van der Waals surface area contributed by atoms with Crippen LogP contribution in [0.15, 0.2) is 36.7 Å². The lowest BCUT2D eigenvalue weighted by molar-refractivity contribution is 0.0558. The Morgan fingerprint density at radius 3 is 2.53 bits per heavy atom. The Morgan fingerprint density at radius 2 is 1.83 bits per heavy atom. The zero-order chi connectivity index (χ0) is 21.5. The quantitative estimate of drug-likeness (QED) is 0.500. The van der Waals surface area contributed by atoms with Gasteiger partial charge in [0.15, 0.2) is 5.82 Å². The molecule has 0 aliphatic rings. The highest BCUT2D eigenvalue weighted by Gasteiger charge is 2.26. The van der Waals surface area contributed by atoms with Crippen molar-refractivity contribution in [3.63, 3.8) is 0 Å². The molecule has 0 radical (unpaired) electrons. The summed E-state index contributed by atoms with van der Waals surface area (Å²) < 4.78 is 28.2. The van der Waals surface area contributed by atoms with E-state index in [4.69, 9.17) is 0 Å². The number of aromatic nitrogens is 7. The lowest BCUT2D eigenvalue weighted by Gasteiger charge is -2.24. The van der Waals surface area contributed by atoms with E-state index >= 15 is 0 Å². The molecule has 0 fully saturated rings. The molecule has 30 heavy (non-hydrogen) atoms. The summed E-state index contributed by atoms with van der Waals surface area (Å²) in [4.78, 5) is 13.3. The molecule has 11 heteroatoms. The van der Waals surface area contributed by atoms with Crippen LogP contribution in [0, 0.1) is 0 Å². The highest BCUT2D eigenvalue weighted by molar-refractivity contribution is 5.83. The van der Waals surface area contributed by atoms with Gasteiger partial charge in [-0.25, -0.2) is 4.68 Å². The standard InChI is InChI=1S/C19H21F2N9/c1-19(2,14-7-8-30(28-14)16(20)21)27-18-25-15(24-17(22-3)26-18)11-5-6-12-10-23-29(4)13(12)9-11/h5-10,16H,1-4H3,(H2,22,24,25,26,27). The molecular formula is C19H21F2N9. The van der Waals surface area contributed by atoms with Crippen LogP contribution in [0.2, 0.25) is 0 Å². The first kappa shape index (κ1) is 19.7. The van der Waals surface area contributed by atoms with E-state index in [0.717, 1.165) is 16.5 Å². The van der Waals surface area contributed by atoms with E-state index in [1.807, 2.05) is 39.1 Å². The number of aryl methyl sites for hydroxylation is 1. The number of hydrogen-bond donors (Lipinski definition) is 2. The van der Waals surface area contributed by atoms with Crippen molar-refractivity contribution >= 4 is 22.8 Å². The summed E-state index contributed by atoms with van der Waals surface area (Å²) in [5.74, 6) is 1.14. The maximum atomic E-state index is 12.9. The van der Waals surface area contributed by atoms with Gasteiger partial charge >= 0.3 is 6.55 Å². The molecular weight excluding hydrogens is 392 g/mol. The van der Waals surface area contributed by atoms with Crippen LogP contribution in [0.3, 0.4) is 0 Å². The van der Waals surface area contributed by atoms with E-state index in [1.165, 1.54) is 12.3 Å². The Balaban J connectivity index is 1.70. The molecule has 4 rings (SSSR count). The molecule has 0 saturated carbocycles. The number of nitrogens with one attached hydrogen (secondary N) is 2. The van der Waals surface area contributed by atoms with E-state index < -0.39 is 12.1 Å². The summed E-state index contributed by atoms with van der Waals surface area (Å²) in [6.45, 7) is 0.932. The van der Waals surface area contributed by atoms with Gasteiger partial charge in [-0.1, -0.05) is 12.1 Å². The first-order chi connectivity index (χ1) is 14.3. The van der Waals surface area contributed by atoms with Gasteiger partial charge in [-0.3, -0.25) is 4.68 Å². The Morgan fingerprint density at radius 1 is 1.07 bits per heavy atom. The molecule has 3 heterocycles. The second-order valence-electron chi connectivity index (χ2n) is 7.31. The SMILES string of the molecule is CNc1nc(NC(C)(C)c2ccn(C(F)F)n2)nc(-c2ccc3cnn(C)c3c2)n1. The van der Waals surface area contributed by atoms with Gasteiger partial charge in [0, 0.05) is 31.2 Å². The van der Waals surface area contributed by atoms with Crippen LogP contribution in [0.25, 0.3) is 22.3 Å². The number of alkyl halides is 2. The Labute approximate surface area is 171 Å². The molecule has 0 aliphatic carbocycles. The van der Waals surface area contributed by atoms with Crippen LogP contribution in [0.5, 0.6) is 0 Å². The van der Waals surface area contributed by atoms with E-state index in [-0.39, 0.29) is 0 Å². The normalized spacial score (nSPS) is 12.0. The molecule has 4 aromatic rings.